The highest BCUT2D eigenvalue weighted by Gasteiger charge is 2.33. The lowest BCUT2D eigenvalue weighted by Gasteiger charge is -2.35. The predicted octanol–water partition coefficient (Wildman–Crippen LogP) is 4.87. The predicted molar refractivity (Wildman–Crippen MR) is 138 cm³/mol. The van der Waals surface area contributed by atoms with Crippen LogP contribution in [0.15, 0.2) is 48.5 Å². The van der Waals surface area contributed by atoms with Gasteiger partial charge in [-0.15, -0.1) is 0 Å². The van der Waals surface area contributed by atoms with Gasteiger partial charge >= 0.3 is 0 Å². The average Bonchev–Trinajstić information content (AvgIpc) is 2.85. The molecule has 2 amide bonds. The molecule has 1 saturated heterocycles. The molecule has 1 heterocycles. The van der Waals surface area contributed by atoms with Crippen LogP contribution in [0, 0.1) is 11.8 Å². The maximum absolute atomic E-state index is 13.3. The Labute approximate surface area is 209 Å². The van der Waals surface area contributed by atoms with E-state index in [9.17, 15) is 14.4 Å². The van der Waals surface area contributed by atoms with Crippen LogP contribution in [0.2, 0.25) is 0 Å². The molecule has 2 aromatic rings. The standard InChI is InChI=1S/C29H38N2O4/c1-19(2)25(30-27(33)22-7-11-23(12-8-22)29(3,4)5)28(34)31-17-15-21(16-18-31)26(32)20-9-13-24(35-6)14-10-20/h7-14,19,21,25H,15-18H2,1-6H3,(H,30,33)/t25-/m1/s1. The number of ketones is 1. The average molecular weight is 479 g/mol. The van der Waals surface area contributed by atoms with E-state index >= 15 is 0 Å². The Morgan fingerprint density at radius 1 is 0.914 bits per heavy atom. The van der Waals surface area contributed by atoms with Crippen LogP contribution in [0.25, 0.3) is 0 Å². The highest BCUT2D eigenvalue weighted by Crippen LogP contribution is 2.25. The van der Waals surface area contributed by atoms with Gasteiger partial charge in [0.05, 0.1) is 7.11 Å². The minimum Gasteiger partial charge on any atom is -0.497 e. The number of piperidine rings is 1. The van der Waals surface area contributed by atoms with Crippen molar-refractivity contribution in [2.45, 2.75) is 58.9 Å². The molecule has 1 aliphatic rings. The number of benzene rings is 2. The molecule has 35 heavy (non-hydrogen) atoms. The molecule has 3 rings (SSSR count). The fourth-order valence-corrected chi connectivity index (χ4v) is 4.41. The zero-order valence-electron chi connectivity index (χ0n) is 21.8. The van der Waals surface area contributed by atoms with Gasteiger partial charge in [-0.05, 0) is 66.1 Å². The first-order valence-electron chi connectivity index (χ1n) is 12.4. The molecule has 1 N–H and O–H groups in total. The zero-order chi connectivity index (χ0) is 25.8. The van der Waals surface area contributed by atoms with Gasteiger partial charge in [-0.1, -0.05) is 46.8 Å². The van der Waals surface area contributed by atoms with Gasteiger partial charge in [0, 0.05) is 30.1 Å². The molecule has 0 unspecified atom stereocenters. The van der Waals surface area contributed by atoms with E-state index in [1.165, 1.54) is 0 Å². The van der Waals surface area contributed by atoms with E-state index in [4.69, 9.17) is 4.74 Å². The van der Waals surface area contributed by atoms with Gasteiger partial charge in [0.1, 0.15) is 11.8 Å². The number of amides is 2. The number of carbonyl (C=O) groups is 3. The van der Waals surface area contributed by atoms with E-state index < -0.39 is 6.04 Å². The Morgan fingerprint density at radius 3 is 1.94 bits per heavy atom. The Hall–Kier alpha value is -3.15. The summed E-state index contributed by atoms with van der Waals surface area (Å²) in [4.78, 5) is 40.9. The molecule has 0 aliphatic carbocycles. The van der Waals surface area contributed by atoms with Gasteiger partial charge in [0.25, 0.3) is 5.91 Å². The van der Waals surface area contributed by atoms with Crippen LogP contribution in [0.1, 0.15) is 73.7 Å². The van der Waals surface area contributed by atoms with Crippen LogP contribution in [0.3, 0.4) is 0 Å². The van der Waals surface area contributed by atoms with Crippen molar-refractivity contribution in [3.8, 4) is 5.75 Å². The number of carbonyl (C=O) groups excluding carboxylic acids is 3. The second-order valence-corrected chi connectivity index (χ2v) is 10.7. The number of methoxy groups -OCH3 is 1. The number of likely N-dealkylation sites (tertiary alicyclic amines) is 1. The summed E-state index contributed by atoms with van der Waals surface area (Å²) < 4.78 is 5.17. The fraction of sp³-hybridized carbons (Fsp3) is 0.483. The Bertz CT molecular complexity index is 1030. The molecule has 1 atom stereocenters. The molecule has 188 valence electrons. The lowest BCUT2D eigenvalue weighted by molar-refractivity contribution is -0.135. The summed E-state index contributed by atoms with van der Waals surface area (Å²) >= 11 is 0. The Balaban J connectivity index is 1.60. The van der Waals surface area contributed by atoms with Gasteiger partial charge in [-0.3, -0.25) is 14.4 Å². The summed E-state index contributed by atoms with van der Waals surface area (Å²) in [5, 5.41) is 2.95. The van der Waals surface area contributed by atoms with E-state index in [0.29, 0.717) is 42.8 Å². The van der Waals surface area contributed by atoms with Gasteiger partial charge in [0.2, 0.25) is 5.91 Å². The van der Waals surface area contributed by atoms with Crippen LogP contribution in [0.5, 0.6) is 5.75 Å². The molecule has 0 radical (unpaired) electrons. The summed E-state index contributed by atoms with van der Waals surface area (Å²) in [6.07, 6.45) is 1.23. The molecule has 2 aromatic carbocycles. The van der Waals surface area contributed by atoms with Crippen LogP contribution in [0.4, 0.5) is 0 Å². The Morgan fingerprint density at radius 2 is 1.46 bits per heavy atom. The summed E-state index contributed by atoms with van der Waals surface area (Å²) in [5.74, 6) is 0.318. The topological polar surface area (TPSA) is 75.7 Å². The monoisotopic (exact) mass is 478 g/mol. The first-order valence-corrected chi connectivity index (χ1v) is 12.4. The highest BCUT2D eigenvalue weighted by molar-refractivity contribution is 5.99. The van der Waals surface area contributed by atoms with Crippen molar-refractivity contribution in [3.63, 3.8) is 0 Å². The molecular formula is C29H38N2O4. The first kappa shape index (κ1) is 26.5. The van der Waals surface area contributed by atoms with Crippen molar-refractivity contribution in [1.82, 2.24) is 10.2 Å². The van der Waals surface area contributed by atoms with E-state index in [-0.39, 0.29) is 34.8 Å². The highest BCUT2D eigenvalue weighted by atomic mass is 16.5. The van der Waals surface area contributed by atoms with E-state index in [1.54, 1.807) is 36.3 Å². The number of hydrogen-bond donors (Lipinski definition) is 1. The summed E-state index contributed by atoms with van der Waals surface area (Å²) in [6, 6.07) is 14.1. The summed E-state index contributed by atoms with van der Waals surface area (Å²) in [6.45, 7) is 11.3. The normalized spacial score (nSPS) is 15.6. The van der Waals surface area contributed by atoms with Gasteiger partial charge in [0.15, 0.2) is 5.78 Å². The molecule has 0 aromatic heterocycles. The minimum absolute atomic E-state index is 0.00627. The van der Waals surface area contributed by atoms with Gasteiger partial charge in [-0.2, -0.15) is 0 Å². The first-order chi connectivity index (χ1) is 16.5. The maximum atomic E-state index is 13.3. The molecule has 6 nitrogen and oxygen atoms in total. The lowest BCUT2D eigenvalue weighted by atomic mass is 9.86. The van der Waals surface area contributed by atoms with Crippen molar-refractivity contribution in [3.05, 3.63) is 65.2 Å². The minimum atomic E-state index is -0.612. The third-order valence-electron chi connectivity index (χ3n) is 6.78. The third kappa shape index (κ3) is 6.50. The largest absolute Gasteiger partial charge is 0.497 e. The number of rotatable bonds is 7. The molecule has 0 saturated carbocycles. The molecule has 1 aliphatic heterocycles. The fourth-order valence-electron chi connectivity index (χ4n) is 4.41. The maximum Gasteiger partial charge on any atom is 0.251 e. The number of nitrogens with one attached hydrogen (secondary N) is 1. The van der Waals surface area contributed by atoms with Crippen molar-refractivity contribution in [2.75, 3.05) is 20.2 Å². The van der Waals surface area contributed by atoms with Gasteiger partial charge in [-0.25, -0.2) is 0 Å². The number of ether oxygens (including phenoxy) is 1. The number of Topliss-reactive ketones (excluding diaryl/α,β-unsaturated/α-hetero) is 1. The summed E-state index contributed by atoms with van der Waals surface area (Å²) in [5.41, 5.74) is 2.37. The smallest absolute Gasteiger partial charge is 0.251 e. The van der Waals surface area contributed by atoms with E-state index in [1.807, 2.05) is 38.1 Å². The van der Waals surface area contributed by atoms with Crippen LogP contribution in [-0.2, 0) is 10.2 Å². The molecule has 0 bridgehead atoms. The molecule has 0 spiro atoms. The van der Waals surface area contributed by atoms with Crippen molar-refractivity contribution in [1.29, 1.82) is 0 Å². The molecular weight excluding hydrogens is 440 g/mol. The van der Waals surface area contributed by atoms with Crippen LogP contribution in [-0.4, -0.2) is 48.7 Å². The quantitative estimate of drug-likeness (QED) is 0.576. The van der Waals surface area contributed by atoms with Crippen molar-refractivity contribution < 1.29 is 19.1 Å². The van der Waals surface area contributed by atoms with Crippen LogP contribution >= 0.6 is 0 Å². The number of nitrogens with zero attached hydrogens (tertiary/aromatic N) is 1. The second kappa shape index (κ2) is 11.1. The summed E-state index contributed by atoms with van der Waals surface area (Å²) in [7, 11) is 1.60. The van der Waals surface area contributed by atoms with Crippen LogP contribution < -0.4 is 10.1 Å². The third-order valence-corrected chi connectivity index (χ3v) is 6.78. The number of hydrogen-bond acceptors (Lipinski definition) is 4. The van der Waals surface area contributed by atoms with Crippen molar-refractivity contribution >= 4 is 17.6 Å². The molecule has 1 fully saturated rings. The van der Waals surface area contributed by atoms with E-state index in [0.717, 1.165) is 5.56 Å². The van der Waals surface area contributed by atoms with Gasteiger partial charge < -0.3 is 15.0 Å². The SMILES string of the molecule is COc1ccc(C(=O)C2CCN(C(=O)[C@H](NC(=O)c3ccc(C(C)(C)C)cc3)C(C)C)CC2)cc1. The molecule has 6 heteroatoms. The zero-order valence-corrected chi connectivity index (χ0v) is 21.8. The second-order valence-electron chi connectivity index (χ2n) is 10.7. The lowest BCUT2D eigenvalue weighted by Crippen LogP contribution is -2.53. The van der Waals surface area contributed by atoms with Crippen molar-refractivity contribution in [2.24, 2.45) is 11.8 Å². The Kier molecular flexibility index (Phi) is 8.36. The van der Waals surface area contributed by atoms with E-state index in [2.05, 4.69) is 26.1 Å².